The number of hydrogen-bond acceptors (Lipinski definition) is 2. The molecule has 1 saturated carbocycles. The molecule has 0 amide bonds. The maximum Gasteiger partial charge on any atom is 0.193 e. The molecular formula is C18H18O2. The van der Waals surface area contributed by atoms with Gasteiger partial charge in [-0.2, -0.15) is 0 Å². The number of ether oxygens (including phenoxy) is 1. The molecule has 0 saturated heterocycles. The Balaban J connectivity index is 1.71. The van der Waals surface area contributed by atoms with Gasteiger partial charge in [0.15, 0.2) is 5.78 Å². The Hall–Kier alpha value is -2.09. The van der Waals surface area contributed by atoms with Crippen LogP contribution < -0.4 is 4.74 Å². The van der Waals surface area contributed by atoms with Crippen LogP contribution in [-0.2, 0) is 0 Å². The summed E-state index contributed by atoms with van der Waals surface area (Å²) >= 11 is 0. The van der Waals surface area contributed by atoms with Gasteiger partial charge in [0.2, 0.25) is 0 Å². The first-order chi connectivity index (χ1) is 9.83. The largest absolute Gasteiger partial charge is 0.490 e. The number of ketones is 1. The van der Waals surface area contributed by atoms with E-state index in [1.165, 1.54) is 12.8 Å². The van der Waals surface area contributed by atoms with Crippen molar-refractivity contribution in [2.75, 3.05) is 0 Å². The van der Waals surface area contributed by atoms with E-state index in [9.17, 15) is 4.79 Å². The van der Waals surface area contributed by atoms with Gasteiger partial charge in [-0.3, -0.25) is 4.79 Å². The molecule has 0 heterocycles. The smallest absolute Gasteiger partial charge is 0.193 e. The van der Waals surface area contributed by atoms with Crippen LogP contribution in [0.5, 0.6) is 5.75 Å². The Morgan fingerprint density at radius 3 is 2.10 bits per heavy atom. The number of carbonyl (C=O) groups excluding carboxylic acids is 1. The van der Waals surface area contributed by atoms with Crippen molar-refractivity contribution < 1.29 is 9.53 Å². The third-order valence-corrected chi connectivity index (χ3v) is 3.76. The molecule has 2 nitrogen and oxygen atoms in total. The first kappa shape index (κ1) is 12.9. The lowest BCUT2D eigenvalue weighted by atomic mass is 10.0. The van der Waals surface area contributed by atoms with E-state index in [1.54, 1.807) is 0 Å². The van der Waals surface area contributed by atoms with Crippen LogP contribution in [0.2, 0.25) is 0 Å². The van der Waals surface area contributed by atoms with Crippen molar-refractivity contribution in [3.05, 3.63) is 65.7 Å². The number of benzene rings is 2. The van der Waals surface area contributed by atoms with Crippen LogP contribution in [0, 0.1) is 0 Å². The second-order valence-electron chi connectivity index (χ2n) is 5.24. The second kappa shape index (κ2) is 5.91. The predicted molar refractivity (Wildman–Crippen MR) is 79.2 cm³/mol. The van der Waals surface area contributed by atoms with Crippen LogP contribution in [0.3, 0.4) is 0 Å². The summed E-state index contributed by atoms with van der Waals surface area (Å²) in [4.78, 5) is 12.3. The predicted octanol–water partition coefficient (Wildman–Crippen LogP) is 4.24. The number of rotatable bonds is 4. The molecule has 2 aromatic carbocycles. The van der Waals surface area contributed by atoms with Crippen molar-refractivity contribution in [1.82, 2.24) is 0 Å². The molecule has 0 N–H and O–H groups in total. The molecule has 2 heteroatoms. The van der Waals surface area contributed by atoms with E-state index in [-0.39, 0.29) is 5.78 Å². The summed E-state index contributed by atoms with van der Waals surface area (Å²) in [6, 6.07) is 16.8. The molecule has 102 valence electrons. The third kappa shape index (κ3) is 2.90. The van der Waals surface area contributed by atoms with Crippen LogP contribution in [-0.4, -0.2) is 11.9 Å². The van der Waals surface area contributed by atoms with E-state index < -0.39 is 0 Å². The molecule has 0 unspecified atom stereocenters. The van der Waals surface area contributed by atoms with Crippen molar-refractivity contribution >= 4 is 5.78 Å². The molecule has 0 atom stereocenters. The van der Waals surface area contributed by atoms with E-state index in [2.05, 4.69) is 0 Å². The summed E-state index contributed by atoms with van der Waals surface area (Å²) in [5, 5.41) is 0. The van der Waals surface area contributed by atoms with Crippen LogP contribution in [0.1, 0.15) is 41.6 Å². The highest BCUT2D eigenvalue weighted by Gasteiger charge is 2.16. The molecular weight excluding hydrogens is 248 g/mol. The van der Waals surface area contributed by atoms with Gasteiger partial charge < -0.3 is 4.74 Å². The van der Waals surface area contributed by atoms with Crippen LogP contribution in [0.4, 0.5) is 0 Å². The molecule has 3 rings (SSSR count). The first-order valence-electron chi connectivity index (χ1n) is 7.19. The lowest BCUT2D eigenvalue weighted by Gasteiger charge is -2.13. The van der Waals surface area contributed by atoms with Crippen LogP contribution in [0.25, 0.3) is 0 Å². The topological polar surface area (TPSA) is 26.3 Å². The first-order valence-corrected chi connectivity index (χ1v) is 7.19. The molecule has 0 spiro atoms. The second-order valence-corrected chi connectivity index (χ2v) is 5.24. The molecule has 0 aromatic heterocycles. The lowest BCUT2D eigenvalue weighted by Crippen LogP contribution is -2.10. The van der Waals surface area contributed by atoms with Crippen molar-refractivity contribution in [3.63, 3.8) is 0 Å². The maximum atomic E-state index is 12.3. The zero-order chi connectivity index (χ0) is 13.8. The van der Waals surface area contributed by atoms with Gasteiger partial charge in [0.05, 0.1) is 6.10 Å². The van der Waals surface area contributed by atoms with Gasteiger partial charge in [0, 0.05) is 11.1 Å². The zero-order valence-corrected chi connectivity index (χ0v) is 11.4. The molecule has 1 fully saturated rings. The van der Waals surface area contributed by atoms with Gasteiger partial charge in [-0.1, -0.05) is 30.3 Å². The van der Waals surface area contributed by atoms with Gasteiger partial charge in [-0.25, -0.2) is 0 Å². The van der Waals surface area contributed by atoms with Crippen LogP contribution in [0.15, 0.2) is 54.6 Å². The highest BCUT2D eigenvalue weighted by molar-refractivity contribution is 6.08. The summed E-state index contributed by atoms with van der Waals surface area (Å²) in [6.45, 7) is 0. The SMILES string of the molecule is O=C(c1ccccc1)c1ccc(OC2CCCC2)cc1. The van der Waals surface area contributed by atoms with Gasteiger partial charge in [-0.15, -0.1) is 0 Å². The summed E-state index contributed by atoms with van der Waals surface area (Å²) in [5.74, 6) is 0.916. The van der Waals surface area contributed by atoms with E-state index in [0.29, 0.717) is 11.7 Å². The quantitative estimate of drug-likeness (QED) is 0.774. The summed E-state index contributed by atoms with van der Waals surface area (Å²) in [6.07, 6.45) is 5.16. The van der Waals surface area contributed by atoms with Gasteiger partial charge in [0.1, 0.15) is 5.75 Å². The van der Waals surface area contributed by atoms with Gasteiger partial charge in [-0.05, 0) is 49.9 Å². The van der Waals surface area contributed by atoms with Gasteiger partial charge >= 0.3 is 0 Å². The Morgan fingerprint density at radius 1 is 0.850 bits per heavy atom. The molecule has 0 aliphatic heterocycles. The fraction of sp³-hybridized carbons (Fsp3) is 0.278. The summed E-state index contributed by atoms with van der Waals surface area (Å²) < 4.78 is 5.90. The van der Waals surface area contributed by atoms with E-state index >= 15 is 0 Å². The zero-order valence-electron chi connectivity index (χ0n) is 11.4. The highest BCUT2D eigenvalue weighted by atomic mass is 16.5. The fourth-order valence-electron chi connectivity index (χ4n) is 2.64. The number of hydrogen-bond donors (Lipinski definition) is 0. The van der Waals surface area contributed by atoms with Crippen molar-refractivity contribution in [2.45, 2.75) is 31.8 Å². The maximum absolute atomic E-state index is 12.3. The van der Waals surface area contributed by atoms with E-state index in [4.69, 9.17) is 4.74 Å². The van der Waals surface area contributed by atoms with Crippen LogP contribution >= 0.6 is 0 Å². The summed E-state index contributed by atoms with van der Waals surface area (Å²) in [7, 11) is 0. The lowest BCUT2D eigenvalue weighted by molar-refractivity contribution is 0.103. The molecule has 1 aliphatic carbocycles. The number of carbonyl (C=O) groups is 1. The van der Waals surface area contributed by atoms with Crippen molar-refractivity contribution in [1.29, 1.82) is 0 Å². The average molecular weight is 266 g/mol. The normalized spacial score (nSPS) is 15.2. The molecule has 2 aromatic rings. The molecule has 1 aliphatic rings. The Labute approximate surface area is 119 Å². The van der Waals surface area contributed by atoms with E-state index in [1.807, 2.05) is 54.6 Å². The Kier molecular flexibility index (Phi) is 3.82. The minimum atomic E-state index is 0.0537. The molecule has 0 radical (unpaired) electrons. The molecule has 20 heavy (non-hydrogen) atoms. The third-order valence-electron chi connectivity index (χ3n) is 3.76. The van der Waals surface area contributed by atoms with Crippen molar-refractivity contribution in [3.8, 4) is 5.75 Å². The highest BCUT2D eigenvalue weighted by Crippen LogP contribution is 2.24. The van der Waals surface area contributed by atoms with Gasteiger partial charge in [0.25, 0.3) is 0 Å². The summed E-state index contributed by atoms with van der Waals surface area (Å²) in [5.41, 5.74) is 1.42. The minimum Gasteiger partial charge on any atom is -0.490 e. The monoisotopic (exact) mass is 266 g/mol. The fourth-order valence-corrected chi connectivity index (χ4v) is 2.64. The van der Waals surface area contributed by atoms with Crippen molar-refractivity contribution in [2.24, 2.45) is 0 Å². The Bertz CT molecular complexity index is 566. The van der Waals surface area contributed by atoms with E-state index in [0.717, 1.165) is 24.2 Å². The Morgan fingerprint density at radius 2 is 1.45 bits per heavy atom. The molecule has 0 bridgehead atoms. The minimum absolute atomic E-state index is 0.0537. The average Bonchev–Trinajstić information content (AvgIpc) is 3.01. The standard InChI is InChI=1S/C18H18O2/c19-18(14-6-2-1-3-7-14)15-10-12-17(13-11-15)20-16-8-4-5-9-16/h1-3,6-7,10-13,16H,4-5,8-9H2.